The van der Waals surface area contributed by atoms with E-state index in [0.717, 1.165) is 22.4 Å². The van der Waals surface area contributed by atoms with E-state index in [1.54, 1.807) is 36.2 Å². The third kappa shape index (κ3) is 2.60. The minimum Gasteiger partial charge on any atom is -0.508 e. The summed E-state index contributed by atoms with van der Waals surface area (Å²) in [6, 6.07) is 12.4. The minimum atomic E-state index is -0.0405. The molecule has 0 spiro atoms. The molecule has 1 N–H and O–H groups in total. The van der Waals surface area contributed by atoms with Crippen LogP contribution in [0.5, 0.6) is 5.75 Å². The Labute approximate surface area is 113 Å². The maximum absolute atomic E-state index is 12.5. The third-order valence-electron chi connectivity index (χ3n) is 3.24. The van der Waals surface area contributed by atoms with Gasteiger partial charge in [0.15, 0.2) is 0 Å². The fourth-order valence-electron chi connectivity index (χ4n) is 2.11. The van der Waals surface area contributed by atoms with Crippen molar-refractivity contribution in [3.05, 3.63) is 59.2 Å². The van der Waals surface area contributed by atoms with E-state index >= 15 is 0 Å². The van der Waals surface area contributed by atoms with E-state index < -0.39 is 0 Å². The van der Waals surface area contributed by atoms with E-state index in [4.69, 9.17) is 0 Å². The van der Waals surface area contributed by atoms with Crippen molar-refractivity contribution in [3.8, 4) is 5.75 Å². The lowest BCUT2D eigenvalue weighted by Gasteiger charge is -2.19. The van der Waals surface area contributed by atoms with Crippen LogP contribution in [0.2, 0.25) is 0 Å². The summed E-state index contributed by atoms with van der Waals surface area (Å²) >= 11 is 0. The Hall–Kier alpha value is -2.29. The number of aromatic hydroxyl groups is 1. The SMILES string of the molecule is Cc1cccc(C)c1C(=O)N(C)c1ccc(O)cc1. The number of benzene rings is 2. The van der Waals surface area contributed by atoms with Crippen LogP contribution in [0.25, 0.3) is 0 Å². The largest absolute Gasteiger partial charge is 0.508 e. The maximum atomic E-state index is 12.5. The van der Waals surface area contributed by atoms with Crippen LogP contribution >= 0.6 is 0 Å². The van der Waals surface area contributed by atoms with Crippen molar-refractivity contribution in [2.24, 2.45) is 0 Å². The summed E-state index contributed by atoms with van der Waals surface area (Å²) in [6.07, 6.45) is 0. The molecule has 98 valence electrons. The number of anilines is 1. The van der Waals surface area contributed by atoms with Gasteiger partial charge in [0.1, 0.15) is 5.75 Å². The normalized spacial score (nSPS) is 10.3. The summed E-state index contributed by atoms with van der Waals surface area (Å²) < 4.78 is 0. The molecule has 3 heteroatoms. The van der Waals surface area contributed by atoms with Gasteiger partial charge in [-0.2, -0.15) is 0 Å². The number of carbonyl (C=O) groups is 1. The first-order valence-corrected chi connectivity index (χ1v) is 6.14. The van der Waals surface area contributed by atoms with Gasteiger partial charge in [0.25, 0.3) is 5.91 Å². The first-order chi connectivity index (χ1) is 9.00. The number of phenolic OH excluding ortho intramolecular Hbond substituents is 1. The Bertz CT molecular complexity index is 582. The van der Waals surface area contributed by atoms with Crippen LogP contribution in [0.4, 0.5) is 5.69 Å². The molecule has 0 fully saturated rings. The van der Waals surface area contributed by atoms with Gasteiger partial charge in [-0.1, -0.05) is 18.2 Å². The van der Waals surface area contributed by atoms with Gasteiger partial charge in [0.2, 0.25) is 0 Å². The van der Waals surface area contributed by atoms with E-state index in [1.165, 1.54) is 0 Å². The quantitative estimate of drug-likeness (QED) is 0.894. The van der Waals surface area contributed by atoms with Crippen molar-refractivity contribution in [2.45, 2.75) is 13.8 Å². The van der Waals surface area contributed by atoms with Crippen LogP contribution < -0.4 is 4.90 Å². The second-order valence-corrected chi connectivity index (χ2v) is 4.65. The van der Waals surface area contributed by atoms with Gasteiger partial charge in [-0.15, -0.1) is 0 Å². The summed E-state index contributed by atoms with van der Waals surface area (Å²) in [4.78, 5) is 14.1. The zero-order chi connectivity index (χ0) is 14.0. The highest BCUT2D eigenvalue weighted by molar-refractivity contribution is 6.07. The second-order valence-electron chi connectivity index (χ2n) is 4.65. The van der Waals surface area contributed by atoms with Crippen molar-refractivity contribution in [3.63, 3.8) is 0 Å². The van der Waals surface area contributed by atoms with Crippen LogP contribution in [0.3, 0.4) is 0 Å². The van der Waals surface area contributed by atoms with Crippen LogP contribution in [0.1, 0.15) is 21.5 Å². The molecule has 2 aromatic rings. The Morgan fingerprint density at radius 1 is 1.00 bits per heavy atom. The molecule has 19 heavy (non-hydrogen) atoms. The Morgan fingerprint density at radius 3 is 2.05 bits per heavy atom. The van der Waals surface area contributed by atoms with Gasteiger partial charge < -0.3 is 10.0 Å². The molecule has 0 radical (unpaired) electrons. The van der Waals surface area contributed by atoms with E-state index in [1.807, 2.05) is 32.0 Å². The zero-order valence-corrected chi connectivity index (χ0v) is 11.3. The Kier molecular flexibility index (Phi) is 3.56. The van der Waals surface area contributed by atoms with Gasteiger partial charge in [-0.25, -0.2) is 0 Å². The molecule has 0 bridgehead atoms. The lowest BCUT2D eigenvalue weighted by atomic mass is 10.0. The molecule has 2 rings (SSSR count). The minimum absolute atomic E-state index is 0.0405. The topological polar surface area (TPSA) is 40.5 Å². The molecule has 0 aliphatic rings. The molecular formula is C16H17NO2. The van der Waals surface area contributed by atoms with Crippen LogP contribution in [0, 0.1) is 13.8 Å². The maximum Gasteiger partial charge on any atom is 0.258 e. The van der Waals surface area contributed by atoms with Crippen molar-refractivity contribution >= 4 is 11.6 Å². The molecule has 0 atom stereocenters. The van der Waals surface area contributed by atoms with Crippen LogP contribution in [0.15, 0.2) is 42.5 Å². The molecule has 0 unspecified atom stereocenters. The van der Waals surface area contributed by atoms with Gasteiger partial charge in [-0.05, 0) is 49.2 Å². The zero-order valence-electron chi connectivity index (χ0n) is 11.3. The summed E-state index contributed by atoms with van der Waals surface area (Å²) in [6.45, 7) is 3.87. The van der Waals surface area contributed by atoms with E-state index in [2.05, 4.69) is 0 Å². The molecule has 0 aliphatic heterocycles. The molecular weight excluding hydrogens is 238 g/mol. The number of rotatable bonds is 2. The van der Waals surface area contributed by atoms with Crippen molar-refractivity contribution in [2.75, 3.05) is 11.9 Å². The van der Waals surface area contributed by atoms with Gasteiger partial charge in [0.05, 0.1) is 0 Å². The first kappa shape index (κ1) is 13.1. The molecule has 0 aliphatic carbocycles. The molecule has 0 saturated carbocycles. The number of phenols is 1. The second kappa shape index (κ2) is 5.14. The fourth-order valence-corrected chi connectivity index (χ4v) is 2.11. The molecule has 0 aromatic heterocycles. The lowest BCUT2D eigenvalue weighted by Crippen LogP contribution is -2.27. The van der Waals surface area contributed by atoms with E-state index in [0.29, 0.717) is 0 Å². The van der Waals surface area contributed by atoms with Crippen molar-refractivity contribution < 1.29 is 9.90 Å². The van der Waals surface area contributed by atoms with Crippen molar-refractivity contribution in [1.82, 2.24) is 0 Å². The number of nitrogens with zero attached hydrogens (tertiary/aromatic N) is 1. The summed E-state index contributed by atoms with van der Waals surface area (Å²) in [5.74, 6) is 0.151. The first-order valence-electron chi connectivity index (χ1n) is 6.14. The predicted molar refractivity (Wildman–Crippen MR) is 76.8 cm³/mol. The number of aryl methyl sites for hydroxylation is 2. The van der Waals surface area contributed by atoms with Crippen LogP contribution in [-0.2, 0) is 0 Å². The molecule has 0 heterocycles. The fraction of sp³-hybridized carbons (Fsp3) is 0.188. The predicted octanol–water partition coefficient (Wildman–Crippen LogP) is 3.29. The number of carbonyl (C=O) groups excluding carboxylic acids is 1. The average Bonchev–Trinajstić information content (AvgIpc) is 2.38. The van der Waals surface area contributed by atoms with E-state index in [-0.39, 0.29) is 11.7 Å². The van der Waals surface area contributed by atoms with Gasteiger partial charge in [-0.3, -0.25) is 4.79 Å². The summed E-state index contributed by atoms with van der Waals surface area (Å²) in [5, 5.41) is 9.28. The molecule has 2 aromatic carbocycles. The summed E-state index contributed by atoms with van der Waals surface area (Å²) in [7, 11) is 1.74. The van der Waals surface area contributed by atoms with E-state index in [9.17, 15) is 9.90 Å². The molecule has 1 amide bonds. The Morgan fingerprint density at radius 2 is 1.53 bits per heavy atom. The Balaban J connectivity index is 2.36. The number of hydrogen-bond acceptors (Lipinski definition) is 2. The van der Waals surface area contributed by atoms with Gasteiger partial charge >= 0.3 is 0 Å². The smallest absolute Gasteiger partial charge is 0.258 e. The highest BCUT2D eigenvalue weighted by atomic mass is 16.3. The number of hydrogen-bond donors (Lipinski definition) is 1. The highest BCUT2D eigenvalue weighted by Crippen LogP contribution is 2.21. The molecule has 3 nitrogen and oxygen atoms in total. The standard InChI is InChI=1S/C16H17NO2/c1-11-5-4-6-12(2)15(11)16(19)17(3)13-7-9-14(18)10-8-13/h4-10,18H,1-3H3. The monoisotopic (exact) mass is 255 g/mol. The highest BCUT2D eigenvalue weighted by Gasteiger charge is 2.17. The number of amides is 1. The average molecular weight is 255 g/mol. The van der Waals surface area contributed by atoms with Crippen molar-refractivity contribution in [1.29, 1.82) is 0 Å². The van der Waals surface area contributed by atoms with Crippen LogP contribution in [-0.4, -0.2) is 18.1 Å². The lowest BCUT2D eigenvalue weighted by molar-refractivity contribution is 0.0992. The summed E-state index contributed by atoms with van der Waals surface area (Å²) in [5.41, 5.74) is 3.43. The van der Waals surface area contributed by atoms with Gasteiger partial charge in [0, 0.05) is 18.3 Å². The molecule has 0 saturated heterocycles. The third-order valence-corrected chi connectivity index (χ3v) is 3.24.